The van der Waals surface area contributed by atoms with Crippen molar-refractivity contribution in [3.63, 3.8) is 0 Å². The van der Waals surface area contributed by atoms with E-state index in [-0.39, 0.29) is 5.41 Å². The van der Waals surface area contributed by atoms with E-state index in [1.54, 1.807) is 0 Å². The molecule has 0 fully saturated rings. The average Bonchev–Trinajstić information content (AvgIpc) is 2.90. The first-order valence-corrected chi connectivity index (χ1v) is 10.2. The Bertz CT molecular complexity index is 1330. The Hall–Kier alpha value is -3.26. The fraction of sp³-hybridized carbons (Fsp3) is 0.185. The minimum absolute atomic E-state index is 0.207. The summed E-state index contributed by atoms with van der Waals surface area (Å²) >= 11 is 0. The third-order valence-electron chi connectivity index (χ3n) is 6.96. The minimum atomic E-state index is -0.553. The highest BCUT2D eigenvalue weighted by atomic mass is 16.5. The molecule has 0 saturated carbocycles. The van der Waals surface area contributed by atoms with E-state index in [1.807, 2.05) is 0 Å². The third-order valence-corrected chi connectivity index (χ3v) is 6.96. The van der Waals surface area contributed by atoms with Crippen molar-refractivity contribution >= 4 is 33.3 Å². The first-order chi connectivity index (χ1) is 14.0. The lowest BCUT2D eigenvalue weighted by Gasteiger charge is -2.46. The van der Waals surface area contributed by atoms with E-state index in [9.17, 15) is 0 Å². The molecular weight excluding hydrogens is 354 g/mol. The van der Waals surface area contributed by atoms with Gasteiger partial charge in [-0.25, -0.2) is 0 Å². The highest BCUT2D eigenvalue weighted by Gasteiger charge is 2.57. The number of ether oxygens (including phenoxy) is 1. The average molecular weight is 377 g/mol. The molecule has 0 aromatic heterocycles. The van der Waals surface area contributed by atoms with Crippen molar-refractivity contribution in [2.24, 2.45) is 0 Å². The molecule has 0 unspecified atom stereocenters. The van der Waals surface area contributed by atoms with Crippen molar-refractivity contribution in [2.45, 2.75) is 25.0 Å². The van der Waals surface area contributed by atoms with Crippen LogP contribution in [0, 0.1) is 0 Å². The minimum Gasteiger partial charge on any atom is -0.463 e. The molecule has 1 spiro atoms. The molecule has 29 heavy (non-hydrogen) atoms. The Morgan fingerprint density at radius 1 is 0.793 bits per heavy atom. The van der Waals surface area contributed by atoms with Crippen molar-refractivity contribution in [3.8, 4) is 5.75 Å². The normalized spacial score (nSPS) is 21.4. The van der Waals surface area contributed by atoms with Crippen LogP contribution in [0.15, 0.2) is 78.9 Å². The summed E-state index contributed by atoms with van der Waals surface area (Å²) in [5, 5.41) is 5.01. The van der Waals surface area contributed by atoms with Gasteiger partial charge >= 0.3 is 0 Å². The van der Waals surface area contributed by atoms with Gasteiger partial charge in [0.05, 0.1) is 5.41 Å². The Morgan fingerprint density at radius 2 is 1.48 bits per heavy atom. The zero-order valence-electron chi connectivity index (χ0n) is 16.9. The monoisotopic (exact) mass is 377 g/mol. The molecule has 1 atom stereocenters. The summed E-state index contributed by atoms with van der Waals surface area (Å²) in [7, 11) is 2.15. The molecule has 6 rings (SSSR count). The van der Waals surface area contributed by atoms with Crippen molar-refractivity contribution in [3.05, 3.63) is 90.0 Å². The zero-order valence-corrected chi connectivity index (χ0v) is 16.9. The highest BCUT2D eigenvalue weighted by Crippen LogP contribution is 2.55. The van der Waals surface area contributed by atoms with Crippen molar-refractivity contribution in [1.29, 1.82) is 0 Å². The second-order valence-electron chi connectivity index (χ2n) is 8.73. The van der Waals surface area contributed by atoms with Gasteiger partial charge in [-0.3, -0.25) is 0 Å². The van der Waals surface area contributed by atoms with Gasteiger partial charge in [-0.15, -0.1) is 0 Å². The Morgan fingerprint density at radius 3 is 2.28 bits per heavy atom. The predicted octanol–water partition coefficient (Wildman–Crippen LogP) is 6.52. The smallest absolute Gasteiger partial charge is 0.211 e. The van der Waals surface area contributed by atoms with E-state index in [0.29, 0.717) is 0 Å². The lowest BCUT2D eigenvalue weighted by Crippen LogP contribution is -2.58. The molecule has 0 N–H and O–H groups in total. The second kappa shape index (κ2) is 5.42. The van der Waals surface area contributed by atoms with E-state index in [0.717, 1.165) is 5.75 Å². The van der Waals surface area contributed by atoms with Gasteiger partial charge in [0.15, 0.2) is 0 Å². The van der Waals surface area contributed by atoms with E-state index < -0.39 is 5.72 Å². The van der Waals surface area contributed by atoms with Gasteiger partial charge in [0.25, 0.3) is 0 Å². The summed E-state index contributed by atoms with van der Waals surface area (Å²) in [6.45, 7) is 4.58. The molecule has 2 heterocycles. The lowest BCUT2D eigenvalue weighted by atomic mass is 9.76. The summed E-state index contributed by atoms with van der Waals surface area (Å²) in [6, 6.07) is 26.0. The second-order valence-corrected chi connectivity index (χ2v) is 8.73. The Labute approximate surface area is 171 Å². The van der Waals surface area contributed by atoms with Crippen LogP contribution in [0.5, 0.6) is 5.75 Å². The number of likely N-dealkylation sites (N-methyl/N-ethyl adjacent to an activating group) is 1. The quantitative estimate of drug-likeness (QED) is 0.346. The molecule has 142 valence electrons. The molecule has 4 aromatic carbocycles. The number of nitrogens with zero attached hydrogens (tertiary/aromatic N) is 1. The van der Waals surface area contributed by atoms with Crippen LogP contribution in [0.1, 0.15) is 25.0 Å². The number of benzene rings is 4. The van der Waals surface area contributed by atoms with Gasteiger partial charge in [0.2, 0.25) is 5.72 Å². The lowest BCUT2D eigenvalue weighted by molar-refractivity contribution is 0.0584. The molecule has 0 radical (unpaired) electrons. The van der Waals surface area contributed by atoms with E-state index in [1.165, 1.54) is 38.4 Å². The van der Waals surface area contributed by atoms with E-state index in [2.05, 4.69) is 111 Å². The maximum Gasteiger partial charge on any atom is 0.211 e. The molecule has 2 aliphatic rings. The highest BCUT2D eigenvalue weighted by molar-refractivity contribution is 5.95. The molecule has 0 aliphatic carbocycles. The summed E-state index contributed by atoms with van der Waals surface area (Å²) in [6.07, 6.45) is 4.51. The zero-order chi connectivity index (χ0) is 19.8. The molecule has 0 amide bonds. The van der Waals surface area contributed by atoms with Crippen LogP contribution >= 0.6 is 0 Å². The van der Waals surface area contributed by atoms with Gasteiger partial charge in [0, 0.05) is 18.3 Å². The first-order valence-electron chi connectivity index (χ1n) is 10.2. The number of rotatable bonds is 0. The number of hydrogen-bond acceptors (Lipinski definition) is 2. The van der Waals surface area contributed by atoms with Crippen LogP contribution in [0.4, 0.5) is 5.69 Å². The maximum absolute atomic E-state index is 6.86. The van der Waals surface area contributed by atoms with Crippen molar-refractivity contribution in [2.75, 3.05) is 11.9 Å². The first kappa shape index (κ1) is 16.7. The molecule has 4 aromatic rings. The Balaban J connectivity index is 1.56. The van der Waals surface area contributed by atoms with Gasteiger partial charge in [-0.1, -0.05) is 54.6 Å². The maximum atomic E-state index is 6.86. The molecule has 0 bridgehead atoms. The van der Waals surface area contributed by atoms with Crippen molar-refractivity contribution in [1.82, 2.24) is 0 Å². The van der Waals surface area contributed by atoms with Crippen molar-refractivity contribution < 1.29 is 4.74 Å². The van der Waals surface area contributed by atoms with Crippen LogP contribution in [-0.4, -0.2) is 12.8 Å². The van der Waals surface area contributed by atoms with Crippen LogP contribution in [0.25, 0.3) is 27.6 Å². The van der Waals surface area contributed by atoms with Gasteiger partial charge in [-0.05, 0) is 71.3 Å². The van der Waals surface area contributed by atoms with Gasteiger partial charge in [-0.2, -0.15) is 0 Å². The Kier molecular flexibility index (Phi) is 3.11. The predicted molar refractivity (Wildman–Crippen MR) is 122 cm³/mol. The molecular formula is C27H23NO. The van der Waals surface area contributed by atoms with Crippen LogP contribution in [0.2, 0.25) is 0 Å². The summed E-state index contributed by atoms with van der Waals surface area (Å²) < 4.78 is 6.86. The van der Waals surface area contributed by atoms with Gasteiger partial charge in [0.1, 0.15) is 5.75 Å². The van der Waals surface area contributed by atoms with Gasteiger partial charge < -0.3 is 9.64 Å². The summed E-state index contributed by atoms with van der Waals surface area (Å²) in [5.41, 5.74) is 2.97. The molecule has 2 nitrogen and oxygen atoms in total. The number of hydrogen-bond donors (Lipinski definition) is 0. The summed E-state index contributed by atoms with van der Waals surface area (Å²) in [4.78, 5) is 2.31. The molecule has 0 saturated heterocycles. The number of fused-ring (bicyclic) bond motifs is 5. The summed E-state index contributed by atoms with van der Waals surface area (Å²) in [5.74, 6) is 0.948. The number of anilines is 1. The third kappa shape index (κ3) is 2.01. The molecule has 2 heteroatoms. The van der Waals surface area contributed by atoms with Crippen LogP contribution in [-0.2, 0) is 5.41 Å². The fourth-order valence-electron chi connectivity index (χ4n) is 5.25. The van der Waals surface area contributed by atoms with E-state index in [4.69, 9.17) is 4.74 Å². The van der Waals surface area contributed by atoms with E-state index >= 15 is 0 Å². The topological polar surface area (TPSA) is 12.5 Å². The van der Waals surface area contributed by atoms with Crippen LogP contribution < -0.4 is 9.64 Å². The molecule has 2 aliphatic heterocycles. The fourth-order valence-corrected chi connectivity index (χ4v) is 5.25. The van der Waals surface area contributed by atoms with Crippen LogP contribution in [0.3, 0.4) is 0 Å². The largest absolute Gasteiger partial charge is 0.463 e. The SMILES string of the molecule is CN1c2cc3ccccc3cc2C(C)(C)[C@]12C=Cc1c(ccc3ccccc13)O2. The standard InChI is InChI=1S/C27H23NO/c1-26(2)23-16-19-9-4-5-10-20(19)17-24(23)28(3)27(26)15-14-22-21-11-7-6-8-18(21)12-13-25(22)29-27/h4-17H,1-3H3/t27-/m1/s1.